The van der Waals surface area contributed by atoms with Crippen LogP contribution in [-0.4, -0.2) is 44.2 Å². The molecule has 0 aliphatic carbocycles. The highest BCUT2D eigenvalue weighted by Gasteiger charge is 2.19. The Labute approximate surface area is 158 Å². The summed E-state index contributed by atoms with van der Waals surface area (Å²) in [6.45, 7) is 5.17. The lowest BCUT2D eigenvalue weighted by Crippen LogP contribution is -2.47. The van der Waals surface area contributed by atoms with Crippen LogP contribution in [0, 0.1) is 11.3 Å². The van der Waals surface area contributed by atoms with E-state index < -0.39 is 0 Å². The number of benzene rings is 2. The molecule has 0 N–H and O–H groups in total. The molecule has 6 heteroatoms. The molecule has 25 heavy (non-hydrogen) atoms. The molecule has 1 aliphatic rings. The van der Waals surface area contributed by atoms with E-state index in [0.29, 0.717) is 22.2 Å². The molecule has 4 nitrogen and oxygen atoms in total. The van der Waals surface area contributed by atoms with E-state index in [9.17, 15) is 0 Å². The lowest BCUT2D eigenvalue weighted by atomic mass is 10.2. The molecule has 1 fully saturated rings. The van der Waals surface area contributed by atoms with Gasteiger partial charge in [0.25, 0.3) is 0 Å². The van der Waals surface area contributed by atoms with E-state index in [1.165, 1.54) is 0 Å². The topological polar surface area (TPSA) is 39.5 Å². The third-order valence-electron chi connectivity index (χ3n) is 4.28. The van der Waals surface area contributed by atoms with Crippen molar-refractivity contribution in [1.29, 1.82) is 5.26 Å². The number of halogens is 2. The first-order chi connectivity index (χ1) is 12.2. The van der Waals surface area contributed by atoms with Crippen LogP contribution in [0.2, 0.25) is 10.0 Å². The molecule has 1 aliphatic heterocycles. The molecule has 0 aromatic heterocycles. The van der Waals surface area contributed by atoms with Crippen molar-refractivity contribution < 1.29 is 4.74 Å². The van der Waals surface area contributed by atoms with Crippen LogP contribution in [0.4, 0.5) is 5.69 Å². The van der Waals surface area contributed by atoms with E-state index in [2.05, 4.69) is 15.9 Å². The van der Waals surface area contributed by atoms with E-state index in [-0.39, 0.29) is 0 Å². The molecule has 0 bridgehead atoms. The Balaban J connectivity index is 1.46. The average Bonchev–Trinajstić information content (AvgIpc) is 2.65. The fourth-order valence-electron chi connectivity index (χ4n) is 2.90. The molecule has 0 radical (unpaired) electrons. The fourth-order valence-corrected chi connectivity index (χ4v) is 3.31. The Morgan fingerprint density at radius 1 is 1.04 bits per heavy atom. The predicted octanol–water partition coefficient (Wildman–Crippen LogP) is 4.07. The van der Waals surface area contributed by atoms with E-state index in [1.54, 1.807) is 12.1 Å². The van der Waals surface area contributed by atoms with Gasteiger partial charge in [-0.1, -0.05) is 35.3 Å². The van der Waals surface area contributed by atoms with Gasteiger partial charge < -0.3 is 9.64 Å². The van der Waals surface area contributed by atoms with Crippen LogP contribution in [0.1, 0.15) is 5.56 Å². The van der Waals surface area contributed by atoms with Gasteiger partial charge in [-0.2, -0.15) is 5.26 Å². The second-order valence-electron chi connectivity index (χ2n) is 5.89. The summed E-state index contributed by atoms with van der Waals surface area (Å²) >= 11 is 12.4. The highest BCUT2D eigenvalue weighted by atomic mass is 35.5. The first-order valence-electron chi connectivity index (χ1n) is 8.21. The van der Waals surface area contributed by atoms with Crippen LogP contribution in [-0.2, 0) is 0 Å². The standard InChI is InChI=1S/C19H19Cl2N3O/c20-17-5-2-6-18(19(17)21)24-9-7-23(8-10-24)11-12-25-16-4-1-3-15(13-16)14-22/h1-6,13H,7-12H2. The SMILES string of the molecule is N#Cc1cccc(OCCN2CCN(c3cccc(Cl)c3Cl)CC2)c1. The molecule has 1 heterocycles. The number of anilines is 1. The van der Waals surface area contributed by atoms with Crippen molar-refractivity contribution in [1.82, 2.24) is 4.90 Å². The Hall–Kier alpha value is -1.93. The van der Waals surface area contributed by atoms with Gasteiger partial charge in [-0.15, -0.1) is 0 Å². The van der Waals surface area contributed by atoms with Crippen molar-refractivity contribution in [3.05, 3.63) is 58.1 Å². The third-order valence-corrected chi connectivity index (χ3v) is 5.09. The summed E-state index contributed by atoms with van der Waals surface area (Å²) in [5.74, 6) is 0.739. The maximum absolute atomic E-state index is 8.91. The van der Waals surface area contributed by atoms with Crippen molar-refractivity contribution in [3.8, 4) is 11.8 Å². The van der Waals surface area contributed by atoms with Crippen LogP contribution in [0.3, 0.4) is 0 Å². The summed E-state index contributed by atoms with van der Waals surface area (Å²) < 4.78 is 5.75. The maximum atomic E-state index is 8.91. The van der Waals surface area contributed by atoms with E-state index >= 15 is 0 Å². The average molecular weight is 376 g/mol. The number of hydrogen-bond donors (Lipinski definition) is 0. The fraction of sp³-hybridized carbons (Fsp3) is 0.316. The first kappa shape index (κ1) is 17.9. The van der Waals surface area contributed by atoms with Gasteiger partial charge in [0.05, 0.1) is 27.4 Å². The van der Waals surface area contributed by atoms with Crippen LogP contribution < -0.4 is 9.64 Å². The van der Waals surface area contributed by atoms with Gasteiger partial charge in [-0.3, -0.25) is 4.90 Å². The smallest absolute Gasteiger partial charge is 0.120 e. The van der Waals surface area contributed by atoms with Gasteiger partial charge in [-0.05, 0) is 30.3 Å². The molecular weight excluding hydrogens is 357 g/mol. The van der Waals surface area contributed by atoms with E-state index in [1.807, 2.05) is 30.3 Å². The summed E-state index contributed by atoms with van der Waals surface area (Å²) in [6, 6.07) is 15.1. The zero-order valence-corrected chi connectivity index (χ0v) is 15.3. The molecule has 0 unspecified atom stereocenters. The molecule has 1 saturated heterocycles. The van der Waals surface area contributed by atoms with Crippen LogP contribution >= 0.6 is 23.2 Å². The Morgan fingerprint density at radius 3 is 2.56 bits per heavy atom. The van der Waals surface area contributed by atoms with Crippen molar-refractivity contribution in [2.45, 2.75) is 0 Å². The summed E-state index contributed by atoms with van der Waals surface area (Å²) in [6.07, 6.45) is 0. The summed E-state index contributed by atoms with van der Waals surface area (Å²) in [5, 5.41) is 10.1. The molecule has 0 amide bonds. The van der Waals surface area contributed by atoms with Gasteiger partial charge in [0.15, 0.2) is 0 Å². The van der Waals surface area contributed by atoms with E-state index in [0.717, 1.165) is 44.2 Å². The molecule has 0 saturated carbocycles. The predicted molar refractivity (Wildman–Crippen MR) is 102 cm³/mol. The second kappa shape index (κ2) is 8.44. The van der Waals surface area contributed by atoms with E-state index in [4.69, 9.17) is 33.2 Å². The van der Waals surface area contributed by atoms with Gasteiger partial charge in [-0.25, -0.2) is 0 Å². The molecular formula is C19H19Cl2N3O. The van der Waals surface area contributed by atoms with Gasteiger partial charge in [0.1, 0.15) is 12.4 Å². The maximum Gasteiger partial charge on any atom is 0.120 e. The molecule has 2 aromatic rings. The second-order valence-corrected chi connectivity index (χ2v) is 6.67. The van der Waals surface area contributed by atoms with Crippen molar-refractivity contribution >= 4 is 28.9 Å². The first-order valence-corrected chi connectivity index (χ1v) is 8.97. The van der Waals surface area contributed by atoms with Crippen molar-refractivity contribution in [2.75, 3.05) is 44.2 Å². The normalized spacial score (nSPS) is 15.0. The number of nitrogens with zero attached hydrogens (tertiary/aromatic N) is 3. The Kier molecular flexibility index (Phi) is 6.04. The van der Waals surface area contributed by atoms with Gasteiger partial charge in [0.2, 0.25) is 0 Å². The molecule has 2 aromatic carbocycles. The number of rotatable bonds is 5. The molecule has 0 spiro atoms. The van der Waals surface area contributed by atoms with Gasteiger partial charge in [0, 0.05) is 32.7 Å². The minimum atomic E-state index is 0.592. The van der Waals surface area contributed by atoms with Gasteiger partial charge >= 0.3 is 0 Å². The quantitative estimate of drug-likeness (QED) is 0.789. The largest absolute Gasteiger partial charge is 0.492 e. The lowest BCUT2D eigenvalue weighted by molar-refractivity contribution is 0.200. The molecule has 130 valence electrons. The zero-order chi connectivity index (χ0) is 17.6. The molecule has 0 atom stereocenters. The highest BCUT2D eigenvalue weighted by molar-refractivity contribution is 6.43. The number of piperazine rings is 1. The van der Waals surface area contributed by atoms with Crippen molar-refractivity contribution in [2.24, 2.45) is 0 Å². The Morgan fingerprint density at radius 2 is 1.80 bits per heavy atom. The molecule has 3 rings (SSSR count). The number of hydrogen-bond acceptors (Lipinski definition) is 4. The summed E-state index contributed by atoms with van der Waals surface area (Å²) in [7, 11) is 0. The highest BCUT2D eigenvalue weighted by Crippen LogP contribution is 2.32. The third kappa shape index (κ3) is 4.58. The monoisotopic (exact) mass is 375 g/mol. The number of nitriles is 1. The van der Waals surface area contributed by atoms with Crippen LogP contribution in [0.15, 0.2) is 42.5 Å². The van der Waals surface area contributed by atoms with Crippen LogP contribution in [0.25, 0.3) is 0 Å². The summed E-state index contributed by atoms with van der Waals surface area (Å²) in [5.41, 5.74) is 1.61. The minimum absolute atomic E-state index is 0.592. The zero-order valence-electron chi connectivity index (χ0n) is 13.8. The van der Waals surface area contributed by atoms with Crippen LogP contribution in [0.5, 0.6) is 5.75 Å². The Bertz CT molecular complexity index is 768. The summed E-state index contributed by atoms with van der Waals surface area (Å²) in [4.78, 5) is 4.63. The van der Waals surface area contributed by atoms with Crippen molar-refractivity contribution in [3.63, 3.8) is 0 Å². The number of ether oxygens (including phenoxy) is 1. The minimum Gasteiger partial charge on any atom is -0.492 e. The lowest BCUT2D eigenvalue weighted by Gasteiger charge is -2.36.